The first-order chi connectivity index (χ1) is 8.31. The molecule has 0 saturated carbocycles. The fourth-order valence-electron chi connectivity index (χ4n) is 1.90. The molecule has 17 heavy (non-hydrogen) atoms. The van der Waals surface area contributed by atoms with E-state index in [1.807, 2.05) is 24.5 Å². The Morgan fingerprint density at radius 3 is 2.76 bits per heavy atom. The summed E-state index contributed by atoms with van der Waals surface area (Å²) >= 11 is 0. The van der Waals surface area contributed by atoms with Crippen LogP contribution in [0, 0.1) is 0 Å². The van der Waals surface area contributed by atoms with Crippen LogP contribution in [-0.2, 0) is 13.0 Å². The first-order valence-corrected chi connectivity index (χ1v) is 5.96. The van der Waals surface area contributed by atoms with Gasteiger partial charge in [-0.2, -0.15) is 0 Å². The smallest absolute Gasteiger partial charge is 0.110 e. The standard InChI is InChI=1S/C13H18N4/c1-2-8-17-9-7-16-13(17)10-12(14)11-3-5-15-6-4-11/h3-7,9,12H,2,8,10,14H2,1H3. The number of rotatable bonds is 5. The zero-order valence-corrected chi connectivity index (χ0v) is 10.1. The molecule has 0 bridgehead atoms. The minimum Gasteiger partial charge on any atom is -0.335 e. The molecule has 2 N–H and O–H groups in total. The van der Waals surface area contributed by atoms with Crippen molar-refractivity contribution in [1.29, 1.82) is 0 Å². The van der Waals surface area contributed by atoms with Crippen molar-refractivity contribution in [2.45, 2.75) is 32.4 Å². The molecule has 0 aliphatic heterocycles. The zero-order valence-electron chi connectivity index (χ0n) is 10.1. The molecule has 0 saturated heterocycles. The molecule has 2 heterocycles. The molecule has 0 radical (unpaired) electrons. The van der Waals surface area contributed by atoms with Crippen LogP contribution in [0.3, 0.4) is 0 Å². The van der Waals surface area contributed by atoms with Crippen LogP contribution in [0.25, 0.3) is 0 Å². The van der Waals surface area contributed by atoms with E-state index in [1.165, 1.54) is 0 Å². The summed E-state index contributed by atoms with van der Waals surface area (Å²) in [6.07, 6.45) is 9.26. The Hall–Kier alpha value is -1.68. The number of nitrogens with two attached hydrogens (primary N) is 1. The van der Waals surface area contributed by atoms with Gasteiger partial charge in [-0.05, 0) is 24.1 Å². The third kappa shape index (κ3) is 2.91. The predicted molar refractivity (Wildman–Crippen MR) is 67.4 cm³/mol. The van der Waals surface area contributed by atoms with Crippen molar-refractivity contribution in [2.75, 3.05) is 0 Å². The van der Waals surface area contributed by atoms with Gasteiger partial charge in [-0.1, -0.05) is 6.92 Å². The Morgan fingerprint density at radius 1 is 1.29 bits per heavy atom. The lowest BCUT2D eigenvalue weighted by atomic mass is 10.1. The third-order valence-corrected chi connectivity index (χ3v) is 2.80. The summed E-state index contributed by atoms with van der Waals surface area (Å²) in [5, 5.41) is 0. The number of aryl methyl sites for hydroxylation is 1. The molecule has 2 aromatic heterocycles. The SMILES string of the molecule is CCCn1ccnc1CC(N)c1ccncc1. The highest BCUT2D eigenvalue weighted by Crippen LogP contribution is 2.14. The molecular formula is C13H18N4. The number of nitrogens with zero attached hydrogens (tertiary/aromatic N) is 3. The molecule has 2 rings (SSSR count). The molecule has 4 nitrogen and oxygen atoms in total. The number of hydrogen-bond donors (Lipinski definition) is 1. The van der Waals surface area contributed by atoms with Crippen molar-refractivity contribution in [1.82, 2.24) is 14.5 Å². The van der Waals surface area contributed by atoms with Gasteiger partial charge >= 0.3 is 0 Å². The average Bonchev–Trinajstić information content (AvgIpc) is 2.78. The highest BCUT2D eigenvalue weighted by Gasteiger charge is 2.10. The molecule has 0 fully saturated rings. The van der Waals surface area contributed by atoms with Gasteiger partial charge in [0.1, 0.15) is 5.82 Å². The quantitative estimate of drug-likeness (QED) is 0.854. The van der Waals surface area contributed by atoms with E-state index in [9.17, 15) is 0 Å². The Kier molecular flexibility index (Phi) is 3.88. The third-order valence-electron chi connectivity index (χ3n) is 2.80. The summed E-state index contributed by atoms with van der Waals surface area (Å²) in [6.45, 7) is 3.16. The van der Waals surface area contributed by atoms with E-state index in [0.717, 1.165) is 30.8 Å². The molecule has 0 amide bonds. The van der Waals surface area contributed by atoms with Crippen molar-refractivity contribution < 1.29 is 0 Å². The number of imidazole rings is 1. The molecule has 4 heteroatoms. The van der Waals surface area contributed by atoms with E-state index in [1.54, 1.807) is 12.4 Å². The van der Waals surface area contributed by atoms with Gasteiger partial charge in [0, 0.05) is 43.8 Å². The zero-order chi connectivity index (χ0) is 12.1. The molecule has 2 aromatic rings. The molecule has 0 aliphatic carbocycles. The van der Waals surface area contributed by atoms with Crippen LogP contribution >= 0.6 is 0 Å². The topological polar surface area (TPSA) is 56.7 Å². The van der Waals surface area contributed by atoms with Crippen molar-refractivity contribution in [2.24, 2.45) is 5.73 Å². The van der Waals surface area contributed by atoms with Crippen LogP contribution in [0.4, 0.5) is 0 Å². The van der Waals surface area contributed by atoms with Gasteiger partial charge in [-0.15, -0.1) is 0 Å². The lowest BCUT2D eigenvalue weighted by molar-refractivity contribution is 0.598. The average molecular weight is 230 g/mol. The Bertz CT molecular complexity index is 449. The maximum absolute atomic E-state index is 6.17. The van der Waals surface area contributed by atoms with Crippen molar-refractivity contribution in [3.63, 3.8) is 0 Å². The molecule has 1 unspecified atom stereocenters. The summed E-state index contributed by atoms with van der Waals surface area (Å²) in [4.78, 5) is 8.36. The number of pyridine rings is 1. The normalized spacial score (nSPS) is 12.6. The molecular weight excluding hydrogens is 212 g/mol. The van der Waals surface area contributed by atoms with Gasteiger partial charge in [-0.3, -0.25) is 4.98 Å². The van der Waals surface area contributed by atoms with Gasteiger partial charge in [0.2, 0.25) is 0 Å². The lowest BCUT2D eigenvalue weighted by Crippen LogP contribution is -2.16. The van der Waals surface area contributed by atoms with Gasteiger partial charge in [0.05, 0.1) is 0 Å². The summed E-state index contributed by atoms with van der Waals surface area (Å²) in [5.74, 6) is 1.05. The lowest BCUT2D eigenvalue weighted by Gasteiger charge is -2.12. The fraction of sp³-hybridized carbons (Fsp3) is 0.385. The van der Waals surface area contributed by atoms with E-state index in [2.05, 4.69) is 21.5 Å². The second kappa shape index (κ2) is 5.59. The van der Waals surface area contributed by atoms with E-state index in [0.29, 0.717) is 0 Å². The maximum atomic E-state index is 6.17. The van der Waals surface area contributed by atoms with Crippen molar-refractivity contribution >= 4 is 0 Å². The highest BCUT2D eigenvalue weighted by molar-refractivity contribution is 5.16. The monoisotopic (exact) mass is 230 g/mol. The minimum atomic E-state index is -0.0176. The van der Waals surface area contributed by atoms with Crippen LogP contribution < -0.4 is 5.73 Å². The second-order valence-electron chi connectivity index (χ2n) is 4.13. The van der Waals surface area contributed by atoms with Crippen molar-refractivity contribution in [3.05, 3.63) is 48.3 Å². The minimum absolute atomic E-state index is 0.0176. The largest absolute Gasteiger partial charge is 0.335 e. The van der Waals surface area contributed by atoms with Crippen molar-refractivity contribution in [3.8, 4) is 0 Å². The van der Waals surface area contributed by atoms with E-state index < -0.39 is 0 Å². The van der Waals surface area contributed by atoms with Crippen LogP contribution in [0.5, 0.6) is 0 Å². The Labute approximate surface area is 102 Å². The van der Waals surface area contributed by atoms with Crippen LogP contribution in [0.2, 0.25) is 0 Å². The van der Waals surface area contributed by atoms with Crippen LogP contribution in [0.15, 0.2) is 36.9 Å². The van der Waals surface area contributed by atoms with E-state index in [-0.39, 0.29) is 6.04 Å². The van der Waals surface area contributed by atoms with Gasteiger partial charge in [0.15, 0.2) is 0 Å². The Morgan fingerprint density at radius 2 is 2.06 bits per heavy atom. The summed E-state index contributed by atoms with van der Waals surface area (Å²) in [7, 11) is 0. The molecule has 0 aromatic carbocycles. The molecule has 0 aliphatic rings. The van der Waals surface area contributed by atoms with Gasteiger partial charge in [-0.25, -0.2) is 4.98 Å². The fourth-order valence-corrected chi connectivity index (χ4v) is 1.90. The first-order valence-electron chi connectivity index (χ1n) is 5.96. The van der Waals surface area contributed by atoms with E-state index in [4.69, 9.17) is 5.73 Å². The summed E-state index contributed by atoms with van der Waals surface area (Å²) in [6, 6.07) is 3.89. The molecule has 90 valence electrons. The number of aromatic nitrogens is 3. The second-order valence-corrected chi connectivity index (χ2v) is 4.13. The van der Waals surface area contributed by atoms with E-state index >= 15 is 0 Å². The number of hydrogen-bond acceptors (Lipinski definition) is 3. The first kappa shape index (κ1) is 11.8. The predicted octanol–water partition coefficient (Wildman–Crippen LogP) is 1.93. The van der Waals surface area contributed by atoms with Crippen LogP contribution in [0.1, 0.15) is 30.8 Å². The molecule has 1 atom stereocenters. The highest BCUT2D eigenvalue weighted by atomic mass is 15.1. The van der Waals surface area contributed by atoms with Crippen LogP contribution in [-0.4, -0.2) is 14.5 Å². The summed E-state index contributed by atoms with van der Waals surface area (Å²) < 4.78 is 2.17. The van der Waals surface area contributed by atoms with Gasteiger partial charge < -0.3 is 10.3 Å². The Balaban J connectivity index is 2.08. The van der Waals surface area contributed by atoms with Gasteiger partial charge in [0.25, 0.3) is 0 Å². The molecule has 0 spiro atoms. The maximum Gasteiger partial charge on any atom is 0.110 e. The summed E-state index contributed by atoms with van der Waals surface area (Å²) in [5.41, 5.74) is 7.27.